The highest BCUT2D eigenvalue weighted by Crippen LogP contribution is 2.39. The minimum atomic E-state index is -4.07. The molecule has 0 heterocycles. The predicted octanol–water partition coefficient (Wildman–Crippen LogP) is 6.30. The molecule has 30 heavy (non-hydrogen) atoms. The summed E-state index contributed by atoms with van der Waals surface area (Å²) in [7, 11) is 1.51. The fourth-order valence-electron chi connectivity index (χ4n) is 4.01. The van der Waals surface area contributed by atoms with E-state index < -0.39 is 30.2 Å². The van der Waals surface area contributed by atoms with Crippen molar-refractivity contribution in [3.05, 3.63) is 29.6 Å². The van der Waals surface area contributed by atoms with E-state index in [1.165, 1.54) is 19.2 Å². The molecule has 1 aromatic carbocycles. The predicted molar refractivity (Wildman–Crippen MR) is 110 cm³/mol. The third-order valence-corrected chi connectivity index (χ3v) is 5.56. The Labute approximate surface area is 177 Å². The molecule has 1 aromatic rings. The molecule has 0 spiro atoms. The maximum Gasteiger partial charge on any atom is 0.389 e. The van der Waals surface area contributed by atoms with E-state index >= 15 is 0 Å². The van der Waals surface area contributed by atoms with Crippen LogP contribution in [0, 0.1) is 5.82 Å². The van der Waals surface area contributed by atoms with Crippen LogP contribution in [0.25, 0.3) is 0 Å². The lowest BCUT2D eigenvalue weighted by molar-refractivity contribution is -0.135. The summed E-state index contributed by atoms with van der Waals surface area (Å²) in [5, 5.41) is 20.7. The number of alkyl halides is 3. The molecule has 0 aliphatic carbocycles. The molecule has 174 valence electrons. The standard InChI is InChI=1S/C23H36F4O3/c1-21(2,19-15-18(24)11-12-20(19)30-3)16-22(29,17-28)13-9-7-5-4-6-8-10-14-23(25,26)27/h11-12,15,28-29H,4-10,13-14,16-17H2,1-3H3. The number of halogens is 4. The average Bonchev–Trinajstić information content (AvgIpc) is 2.65. The molecule has 1 rings (SSSR count). The van der Waals surface area contributed by atoms with Gasteiger partial charge in [-0.25, -0.2) is 4.39 Å². The van der Waals surface area contributed by atoms with Crippen molar-refractivity contribution < 1.29 is 32.5 Å². The van der Waals surface area contributed by atoms with Crippen molar-refractivity contribution in [2.45, 2.75) is 95.2 Å². The summed E-state index contributed by atoms with van der Waals surface area (Å²) in [6.07, 6.45) is 0.660. The number of rotatable bonds is 14. The first-order chi connectivity index (χ1) is 13.9. The van der Waals surface area contributed by atoms with Gasteiger partial charge in [0.05, 0.1) is 19.3 Å². The normalized spacial score (nSPS) is 14.6. The van der Waals surface area contributed by atoms with Crippen molar-refractivity contribution in [2.75, 3.05) is 13.7 Å². The molecule has 0 bridgehead atoms. The minimum absolute atomic E-state index is 0.173. The molecular formula is C23H36F4O3. The largest absolute Gasteiger partial charge is 0.496 e. The number of aliphatic hydroxyl groups is 2. The Hall–Kier alpha value is -1.34. The van der Waals surface area contributed by atoms with Crippen LogP contribution in [-0.2, 0) is 5.41 Å². The fraction of sp³-hybridized carbons (Fsp3) is 0.739. The summed E-state index contributed by atoms with van der Waals surface area (Å²) < 4.78 is 55.4. The lowest BCUT2D eigenvalue weighted by Gasteiger charge is -2.36. The van der Waals surface area contributed by atoms with Gasteiger partial charge in [-0.1, -0.05) is 52.4 Å². The zero-order valence-corrected chi connectivity index (χ0v) is 18.3. The summed E-state index contributed by atoms with van der Waals surface area (Å²) in [4.78, 5) is 0. The summed E-state index contributed by atoms with van der Waals surface area (Å²) in [6.45, 7) is 3.36. The molecule has 0 fully saturated rings. The van der Waals surface area contributed by atoms with Crippen LogP contribution < -0.4 is 4.74 Å². The van der Waals surface area contributed by atoms with Gasteiger partial charge >= 0.3 is 6.18 Å². The van der Waals surface area contributed by atoms with Gasteiger partial charge < -0.3 is 14.9 Å². The average molecular weight is 437 g/mol. The van der Waals surface area contributed by atoms with Gasteiger partial charge in [-0.2, -0.15) is 13.2 Å². The maximum absolute atomic E-state index is 13.8. The van der Waals surface area contributed by atoms with Crippen LogP contribution >= 0.6 is 0 Å². The van der Waals surface area contributed by atoms with Gasteiger partial charge in [0.25, 0.3) is 0 Å². The zero-order chi connectivity index (χ0) is 22.8. The van der Waals surface area contributed by atoms with Gasteiger partial charge in [-0.05, 0) is 42.9 Å². The second-order valence-electron chi connectivity index (χ2n) is 8.88. The second kappa shape index (κ2) is 11.9. The molecule has 0 aliphatic heterocycles. The van der Waals surface area contributed by atoms with Crippen molar-refractivity contribution in [1.82, 2.24) is 0 Å². The van der Waals surface area contributed by atoms with Gasteiger partial charge in [-0.3, -0.25) is 0 Å². The quantitative estimate of drug-likeness (QED) is 0.266. The third-order valence-electron chi connectivity index (χ3n) is 5.56. The topological polar surface area (TPSA) is 49.7 Å². The van der Waals surface area contributed by atoms with E-state index in [4.69, 9.17) is 4.74 Å². The van der Waals surface area contributed by atoms with Gasteiger partial charge in [0.2, 0.25) is 0 Å². The van der Waals surface area contributed by atoms with E-state index in [9.17, 15) is 27.8 Å². The monoisotopic (exact) mass is 436 g/mol. The smallest absolute Gasteiger partial charge is 0.389 e. The SMILES string of the molecule is COc1ccc(F)cc1C(C)(C)CC(O)(CO)CCCCCCCCCC(F)(F)F. The van der Waals surface area contributed by atoms with E-state index in [1.54, 1.807) is 6.07 Å². The van der Waals surface area contributed by atoms with Crippen LogP contribution in [0.2, 0.25) is 0 Å². The van der Waals surface area contributed by atoms with Crippen LogP contribution in [0.15, 0.2) is 18.2 Å². The Bertz CT molecular complexity index is 631. The van der Waals surface area contributed by atoms with E-state index in [2.05, 4.69) is 0 Å². The van der Waals surface area contributed by atoms with Crippen molar-refractivity contribution >= 4 is 0 Å². The summed E-state index contributed by atoms with van der Waals surface area (Å²) in [5.41, 5.74) is -1.28. The number of aliphatic hydroxyl groups excluding tert-OH is 1. The highest BCUT2D eigenvalue weighted by Gasteiger charge is 2.36. The molecule has 2 N–H and O–H groups in total. The van der Waals surface area contributed by atoms with Crippen LogP contribution in [0.4, 0.5) is 17.6 Å². The number of methoxy groups -OCH3 is 1. The number of hydrogen-bond acceptors (Lipinski definition) is 3. The van der Waals surface area contributed by atoms with E-state index in [0.717, 1.165) is 25.7 Å². The first kappa shape index (κ1) is 26.7. The van der Waals surface area contributed by atoms with Gasteiger partial charge in [-0.15, -0.1) is 0 Å². The van der Waals surface area contributed by atoms with Gasteiger partial charge in [0.15, 0.2) is 0 Å². The molecule has 1 unspecified atom stereocenters. The van der Waals surface area contributed by atoms with Crippen LogP contribution in [0.5, 0.6) is 5.75 Å². The van der Waals surface area contributed by atoms with Crippen LogP contribution in [0.3, 0.4) is 0 Å². The number of benzene rings is 1. The highest BCUT2D eigenvalue weighted by atomic mass is 19.4. The molecular weight excluding hydrogens is 400 g/mol. The summed E-state index contributed by atoms with van der Waals surface area (Å²) in [5.74, 6) is 0.147. The molecule has 0 saturated heterocycles. The second-order valence-corrected chi connectivity index (χ2v) is 8.88. The van der Waals surface area contributed by atoms with E-state index in [0.29, 0.717) is 30.6 Å². The molecule has 0 amide bonds. The third kappa shape index (κ3) is 9.65. The molecule has 1 atom stereocenters. The first-order valence-electron chi connectivity index (χ1n) is 10.7. The van der Waals surface area contributed by atoms with E-state index in [1.807, 2.05) is 13.8 Å². The van der Waals surface area contributed by atoms with E-state index in [-0.39, 0.29) is 18.7 Å². The van der Waals surface area contributed by atoms with Crippen molar-refractivity contribution in [3.8, 4) is 5.75 Å². The number of unbranched alkanes of at least 4 members (excludes halogenated alkanes) is 6. The van der Waals surface area contributed by atoms with Crippen molar-refractivity contribution in [2.24, 2.45) is 0 Å². The Kier molecular flexibility index (Phi) is 10.6. The number of hydrogen-bond donors (Lipinski definition) is 2. The van der Waals surface area contributed by atoms with Gasteiger partial charge in [0, 0.05) is 12.0 Å². The Morgan fingerprint density at radius 2 is 1.43 bits per heavy atom. The molecule has 0 aliphatic rings. The Morgan fingerprint density at radius 1 is 0.900 bits per heavy atom. The zero-order valence-electron chi connectivity index (χ0n) is 18.3. The molecule has 0 saturated carbocycles. The highest BCUT2D eigenvalue weighted by molar-refractivity contribution is 5.39. The van der Waals surface area contributed by atoms with Crippen LogP contribution in [0.1, 0.15) is 83.6 Å². The lowest BCUT2D eigenvalue weighted by atomic mass is 9.73. The number of ether oxygens (including phenoxy) is 1. The van der Waals surface area contributed by atoms with Crippen molar-refractivity contribution in [1.29, 1.82) is 0 Å². The lowest BCUT2D eigenvalue weighted by Crippen LogP contribution is -2.40. The summed E-state index contributed by atoms with van der Waals surface area (Å²) in [6, 6.07) is 4.27. The van der Waals surface area contributed by atoms with Gasteiger partial charge in [0.1, 0.15) is 11.6 Å². The fourth-order valence-corrected chi connectivity index (χ4v) is 4.01. The van der Waals surface area contributed by atoms with Crippen molar-refractivity contribution in [3.63, 3.8) is 0 Å². The Morgan fingerprint density at radius 3 is 1.93 bits per heavy atom. The first-order valence-corrected chi connectivity index (χ1v) is 10.7. The molecule has 0 radical (unpaired) electrons. The molecule has 3 nitrogen and oxygen atoms in total. The molecule has 7 heteroatoms. The molecule has 0 aromatic heterocycles. The maximum atomic E-state index is 13.8. The Balaban J connectivity index is 2.46. The van der Waals surface area contributed by atoms with Crippen LogP contribution in [-0.4, -0.2) is 35.7 Å². The summed E-state index contributed by atoms with van der Waals surface area (Å²) >= 11 is 0. The minimum Gasteiger partial charge on any atom is -0.496 e.